The van der Waals surface area contributed by atoms with Crippen molar-refractivity contribution < 1.29 is 9.53 Å². The van der Waals surface area contributed by atoms with Crippen LogP contribution in [0.2, 0.25) is 0 Å². The molecule has 1 aromatic carbocycles. The van der Waals surface area contributed by atoms with Crippen molar-refractivity contribution in [3.63, 3.8) is 0 Å². The van der Waals surface area contributed by atoms with Gasteiger partial charge in [-0.1, -0.05) is 18.2 Å². The summed E-state index contributed by atoms with van der Waals surface area (Å²) < 4.78 is 5.21. The minimum atomic E-state index is -0.263. The number of rotatable bonds is 5. The van der Waals surface area contributed by atoms with E-state index in [-0.39, 0.29) is 11.5 Å². The van der Waals surface area contributed by atoms with Gasteiger partial charge in [0.2, 0.25) is 0 Å². The van der Waals surface area contributed by atoms with Crippen LogP contribution in [-0.2, 0) is 15.1 Å². The molecule has 0 spiro atoms. The molecule has 21 heavy (non-hydrogen) atoms. The maximum atomic E-state index is 12.1. The zero-order valence-corrected chi connectivity index (χ0v) is 13.7. The van der Waals surface area contributed by atoms with Gasteiger partial charge in [-0.25, -0.2) is 0 Å². The number of nitrogens with zero attached hydrogens (tertiary/aromatic N) is 1. The number of ether oxygens (including phenoxy) is 1. The van der Waals surface area contributed by atoms with Gasteiger partial charge in [-0.3, -0.25) is 9.69 Å². The molecular weight excluding hydrogens is 262 g/mol. The van der Waals surface area contributed by atoms with E-state index in [0.29, 0.717) is 13.0 Å². The first-order chi connectivity index (χ1) is 9.97. The third-order valence-electron chi connectivity index (χ3n) is 4.73. The molecule has 1 aliphatic rings. The molecule has 0 N–H and O–H groups in total. The first kappa shape index (κ1) is 16.0. The van der Waals surface area contributed by atoms with E-state index in [2.05, 4.69) is 43.9 Å². The molecule has 0 radical (unpaired) electrons. The Labute approximate surface area is 128 Å². The predicted molar refractivity (Wildman–Crippen MR) is 85.3 cm³/mol. The summed E-state index contributed by atoms with van der Waals surface area (Å²) in [5.74, 6) is -0.106. The number of benzene rings is 1. The minimum absolute atomic E-state index is 0.106. The molecule has 0 saturated carbocycles. The molecule has 1 unspecified atom stereocenters. The van der Waals surface area contributed by atoms with Crippen LogP contribution >= 0.6 is 0 Å². The lowest BCUT2D eigenvalue weighted by atomic mass is 9.85. The largest absolute Gasteiger partial charge is 0.466 e. The fourth-order valence-corrected chi connectivity index (χ4v) is 3.18. The molecule has 1 aromatic rings. The van der Waals surface area contributed by atoms with Gasteiger partial charge >= 0.3 is 5.97 Å². The Morgan fingerprint density at radius 1 is 1.24 bits per heavy atom. The molecule has 3 nitrogen and oxygen atoms in total. The van der Waals surface area contributed by atoms with E-state index < -0.39 is 0 Å². The zero-order chi connectivity index (χ0) is 15.5. The van der Waals surface area contributed by atoms with Crippen LogP contribution in [0.5, 0.6) is 0 Å². The molecule has 1 atom stereocenters. The average Bonchev–Trinajstić information content (AvgIpc) is 2.96. The number of likely N-dealkylation sites (tertiary alicyclic amines) is 1. The maximum Gasteiger partial charge on any atom is 0.307 e. The van der Waals surface area contributed by atoms with Crippen molar-refractivity contribution in [2.75, 3.05) is 19.7 Å². The van der Waals surface area contributed by atoms with Crippen LogP contribution in [0, 0.1) is 13.8 Å². The third kappa shape index (κ3) is 3.46. The van der Waals surface area contributed by atoms with Crippen molar-refractivity contribution in [1.82, 2.24) is 4.90 Å². The first-order valence-corrected chi connectivity index (χ1v) is 7.96. The van der Waals surface area contributed by atoms with Crippen LogP contribution in [0.15, 0.2) is 18.2 Å². The lowest BCUT2D eigenvalue weighted by Gasteiger charge is -2.39. The number of esters is 1. The Morgan fingerprint density at radius 3 is 2.48 bits per heavy atom. The molecule has 1 heterocycles. The van der Waals surface area contributed by atoms with Crippen LogP contribution < -0.4 is 0 Å². The molecule has 0 amide bonds. The second-order valence-electron chi connectivity index (χ2n) is 6.25. The standard InChI is InChI=1S/C18H27NO2/c1-5-21-17(20)13-18(4,19-10-6-7-11-19)16-9-8-14(2)15(3)12-16/h8-9,12H,5-7,10-11,13H2,1-4H3. The van der Waals surface area contributed by atoms with E-state index in [9.17, 15) is 4.79 Å². The lowest BCUT2D eigenvalue weighted by Crippen LogP contribution is -2.44. The predicted octanol–water partition coefficient (Wildman–Crippen LogP) is 3.57. The van der Waals surface area contributed by atoms with Gasteiger partial charge < -0.3 is 4.74 Å². The highest BCUT2D eigenvalue weighted by Gasteiger charge is 2.38. The quantitative estimate of drug-likeness (QED) is 0.776. The molecule has 3 heteroatoms. The summed E-state index contributed by atoms with van der Waals surface area (Å²) in [5.41, 5.74) is 3.53. The smallest absolute Gasteiger partial charge is 0.307 e. The lowest BCUT2D eigenvalue weighted by molar-refractivity contribution is -0.146. The fraction of sp³-hybridized carbons (Fsp3) is 0.611. The monoisotopic (exact) mass is 289 g/mol. The summed E-state index contributed by atoms with van der Waals surface area (Å²) in [4.78, 5) is 14.5. The van der Waals surface area contributed by atoms with E-state index in [1.54, 1.807) is 0 Å². The van der Waals surface area contributed by atoms with E-state index in [0.717, 1.165) is 13.1 Å². The molecule has 0 aliphatic carbocycles. The normalized spacial score (nSPS) is 18.5. The van der Waals surface area contributed by atoms with Gasteiger partial charge in [0.15, 0.2) is 0 Å². The van der Waals surface area contributed by atoms with E-state index in [4.69, 9.17) is 4.74 Å². The molecule has 2 rings (SSSR count). The van der Waals surface area contributed by atoms with Crippen molar-refractivity contribution in [2.45, 2.75) is 52.5 Å². The van der Waals surface area contributed by atoms with Gasteiger partial charge in [0, 0.05) is 0 Å². The molecule has 0 aromatic heterocycles. The molecule has 1 saturated heterocycles. The highest BCUT2D eigenvalue weighted by Crippen LogP contribution is 2.35. The van der Waals surface area contributed by atoms with Crippen LogP contribution in [-0.4, -0.2) is 30.6 Å². The van der Waals surface area contributed by atoms with E-state index in [1.807, 2.05) is 6.92 Å². The van der Waals surface area contributed by atoms with Crippen molar-refractivity contribution in [1.29, 1.82) is 0 Å². The highest BCUT2D eigenvalue weighted by molar-refractivity contribution is 5.71. The summed E-state index contributed by atoms with van der Waals surface area (Å²) in [6.07, 6.45) is 2.84. The summed E-state index contributed by atoms with van der Waals surface area (Å²) >= 11 is 0. The first-order valence-electron chi connectivity index (χ1n) is 7.96. The average molecular weight is 289 g/mol. The van der Waals surface area contributed by atoms with Crippen molar-refractivity contribution in [3.8, 4) is 0 Å². The van der Waals surface area contributed by atoms with Gasteiger partial charge in [-0.2, -0.15) is 0 Å². The second-order valence-corrected chi connectivity index (χ2v) is 6.25. The molecule has 0 bridgehead atoms. The Bertz CT molecular complexity index is 506. The molecule has 116 valence electrons. The summed E-state index contributed by atoms with van der Waals surface area (Å²) in [6.45, 7) is 10.9. The topological polar surface area (TPSA) is 29.5 Å². The second kappa shape index (κ2) is 6.61. The van der Waals surface area contributed by atoms with Gasteiger partial charge in [0.25, 0.3) is 0 Å². The number of hydrogen-bond donors (Lipinski definition) is 0. The van der Waals surface area contributed by atoms with Gasteiger partial charge in [-0.15, -0.1) is 0 Å². The minimum Gasteiger partial charge on any atom is -0.466 e. The Kier molecular flexibility index (Phi) is 5.04. The maximum absolute atomic E-state index is 12.1. The zero-order valence-electron chi connectivity index (χ0n) is 13.7. The number of carbonyl (C=O) groups is 1. The van der Waals surface area contributed by atoms with Crippen LogP contribution in [0.25, 0.3) is 0 Å². The van der Waals surface area contributed by atoms with Crippen molar-refractivity contribution in [3.05, 3.63) is 34.9 Å². The van der Waals surface area contributed by atoms with Crippen molar-refractivity contribution >= 4 is 5.97 Å². The Balaban J connectivity index is 2.34. The highest BCUT2D eigenvalue weighted by atomic mass is 16.5. The molecular formula is C18H27NO2. The number of aryl methyl sites for hydroxylation is 2. The van der Waals surface area contributed by atoms with Gasteiger partial charge in [0.1, 0.15) is 0 Å². The summed E-state index contributed by atoms with van der Waals surface area (Å²) in [6, 6.07) is 6.55. The number of hydrogen-bond acceptors (Lipinski definition) is 3. The van der Waals surface area contributed by atoms with Crippen molar-refractivity contribution in [2.24, 2.45) is 0 Å². The van der Waals surface area contributed by atoms with E-state index in [1.165, 1.54) is 29.5 Å². The van der Waals surface area contributed by atoms with Gasteiger partial charge in [0.05, 0.1) is 18.6 Å². The Hall–Kier alpha value is -1.35. The molecule has 1 fully saturated rings. The van der Waals surface area contributed by atoms with Crippen LogP contribution in [0.4, 0.5) is 0 Å². The Morgan fingerprint density at radius 2 is 1.90 bits per heavy atom. The summed E-state index contributed by atoms with van der Waals surface area (Å²) in [7, 11) is 0. The SMILES string of the molecule is CCOC(=O)CC(C)(c1ccc(C)c(C)c1)N1CCCC1. The van der Waals surface area contributed by atoms with E-state index >= 15 is 0 Å². The van der Waals surface area contributed by atoms with Crippen LogP contribution in [0.1, 0.15) is 49.8 Å². The van der Waals surface area contributed by atoms with Gasteiger partial charge in [-0.05, 0) is 70.3 Å². The molecule has 1 aliphatic heterocycles. The summed E-state index contributed by atoms with van der Waals surface area (Å²) in [5, 5.41) is 0. The third-order valence-corrected chi connectivity index (χ3v) is 4.73. The van der Waals surface area contributed by atoms with Crippen LogP contribution in [0.3, 0.4) is 0 Å². The number of carbonyl (C=O) groups excluding carboxylic acids is 1. The fourth-order valence-electron chi connectivity index (χ4n) is 3.18.